The predicted molar refractivity (Wildman–Crippen MR) is 62.1 cm³/mol. The van der Waals surface area contributed by atoms with Crippen LogP contribution in [0.5, 0.6) is 0 Å². The van der Waals surface area contributed by atoms with E-state index in [1.807, 2.05) is 7.11 Å². The predicted octanol–water partition coefficient (Wildman–Crippen LogP) is 1.19. The average molecular weight is 212 g/mol. The number of hydrogen-bond donors (Lipinski definition) is 0. The fourth-order valence-electron chi connectivity index (χ4n) is 2.81. The zero-order valence-electron chi connectivity index (χ0n) is 10.7. The lowest BCUT2D eigenvalue weighted by Gasteiger charge is -2.57. The summed E-state index contributed by atoms with van der Waals surface area (Å²) in [5.41, 5.74) is 0.727. The molecule has 1 atom stereocenters. The Morgan fingerprint density at radius 2 is 1.87 bits per heavy atom. The first-order valence-electron chi connectivity index (χ1n) is 5.86. The van der Waals surface area contributed by atoms with Crippen LogP contribution in [0.2, 0.25) is 0 Å². The third kappa shape index (κ3) is 1.81. The molecule has 2 heterocycles. The van der Waals surface area contributed by atoms with E-state index in [-0.39, 0.29) is 0 Å². The fourth-order valence-corrected chi connectivity index (χ4v) is 2.81. The van der Waals surface area contributed by atoms with Gasteiger partial charge in [-0.2, -0.15) is 0 Å². The van der Waals surface area contributed by atoms with E-state index in [0.29, 0.717) is 17.2 Å². The summed E-state index contributed by atoms with van der Waals surface area (Å²) in [5, 5.41) is 0. The minimum atomic E-state index is 0.317. The second-order valence-corrected chi connectivity index (χ2v) is 6.19. The maximum Gasteiger partial charge on any atom is 0.0716 e. The van der Waals surface area contributed by atoms with E-state index < -0.39 is 0 Å². The number of hydrogen-bond acceptors (Lipinski definition) is 3. The van der Waals surface area contributed by atoms with Crippen LogP contribution in [-0.4, -0.2) is 60.8 Å². The minimum absolute atomic E-state index is 0.317. The van der Waals surface area contributed by atoms with E-state index in [9.17, 15) is 0 Å². The Morgan fingerprint density at radius 1 is 1.27 bits per heavy atom. The number of ether oxygens (including phenoxy) is 1. The second kappa shape index (κ2) is 3.44. The first-order valence-corrected chi connectivity index (χ1v) is 5.86. The molecular formula is C12H24N2O. The van der Waals surface area contributed by atoms with Gasteiger partial charge in [0, 0.05) is 37.8 Å². The highest BCUT2D eigenvalue weighted by Crippen LogP contribution is 2.40. The van der Waals surface area contributed by atoms with E-state index >= 15 is 0 Å². The molecule has 0 saturated carbocycles. The largest absolute Gasteiger partial charge is 0.380 e. The summed E-state index contributed by atoms with van der Waals surface area (Å²) in [4.78, 5) is 5.05. The molecule has 1 spiro atoms. The van der Waals surface area contributed by atoms with Crippen LogP contribution >= 0.6 is 0 Å². The first kappa shape index (κ1) is 11.4. The van der Waals surface area contributed by atoms with Crippen LogP contribution in [0.1, 0.15) is 27.2 Å². The van der Waals surface area contributed by atoms with Gasteiger partial charge in [-0.15, -0.1) is 0 Å². The highest BCUT2D eigenvalue weighted by Gasteiger charge is 2.53. The van der Waals surface area contributed by atoms with Crippen LogP contribution < -0.4 is 0 Å². The van der Waals surface area contributed by atoms with Gasteiger partial charge in [0.2, 0.25) is 0 Å². The fraction of sp³-hybridized carbons (Fsp3) is 1.00. The Bertz CT molecular complexity index is 240. The molecular weight excluding hydrogens is 188 g/mol. The van der Waals surface area contributed by atoms with Gasteiger partial charge < -0.3 is 4.74 Å². The molecule has 2 saturated heterocycles. The third-order valence-corrected chi connectivity index (χ3v) is 4.15. The zero-order valence-corrected chi connectivity index (χ0v) is 10.7. The summed E-state index contributed by atoms with van der Waals surface area (Å²) >= 11 is 0. The molecule has 0 radical (unpaired) electrons. The summed E-state index contributed by atoms with van der Waals surface area (Å²) in [6, 6.07) is 0. The maximum atomic E-state index is 5.47. The Kier molecular flexibility index (Phi) is 2.61. The maximum absolute atomic E-state index is 5.47. The molecule has 2 aliphatic heterocycles. The summed E-state index contributed by atoms with van der Waals surface area (Å²) in [6.07, 6.45) is 1.64. The standard InChI is InChI=1S/C12H24N2O/c1-11(2,3)14-8-12(9-14)6-10(15-5)7-13(12)4/h10H,6-9H2,1-5H3. The smallest absolute Gasteiger partial charge is 0.0716 e. The van der Waals surface area contributed by atoms with Crippen molar-refractivity contribution in [3.05, 3.63) is 0 Å². The molecule has 1 unspecified atom stereocenters. The van der Waals surface area contributed by atoms with Crippen molar-refractivity contribution in [2.75, 3.05) is 33.8 Å². The van der Waals surface area contributed by atoms with Gasteiger partial charge in [-0.1, -0.05) is 0 Å². The molecule has 88 valence electrons. The molecule has 3 heteroatoms. The van der Waals surface area contributed by atoms with Gasteiger partial charge in [-0.25, -0.2) is 0 Å². The van der Waals surface area contributed by atoms with E-state index in [2.05, 4.69) is 37.6 Å². The van der Waals surface area contributed by atoms with Crippen molar-refractivity contribution in [2.45, 2.75) is 44.4 Å². The van der Waals surface area contributed by atoms with E-state index in [4.69, 9.17) is 4.74 Å². The molecule has 0 aromatic rings. The molecule has 3 nitrogen and oxygen atoms in total. The lowest BCUT2D eigenvalue weighted by molar-refractivity contribution is -0.0674. The van der Waals surface area contributed by atoms with Crippen molar-refractivity contribution in [1.29, 1.82) is 0 Å². The second-order valence-electron chi connectivity index (χ2n) is 6.19. The molecule has 0 aromatic heterocycles. The van der Waals surface area contributed by atoms with Gasteiger partial charge in [0.25, 0.3) is 0 Å². The van der Waals surface area contributed by atoms with Crippen LogP contribution in [-0.2, 0) is 4.74 Å². The van der Waals surface area contributed by atoms with Gasteiger partial charge in [-0.05, 0) is 34.2 Å². The molecule has 2 aliphatic rings. The Balaban J connectivity index is 1.97. The molecule has 0 amide bonds. The monoisotopic (exact) mass is 212 g/mol. The Labute approximate surface area is 93.4 Å². The molecule has 2 fully saturated rings. The third-order valence-electron chi connectivity index (χ3n) is 4.15. The van der Waals surface area contributed by atoms with Crippen molar-refractivity contribution >= 4 is 0 Å². The normalized spacial score (nSPS) is 32.2. The van der Waals surface area contributed by atoms with Gasteiger partial charge in [0.05, 0.1) is 6.10 Å². The summed E-state index contributed by atoms with van der Waals surface area (Å²) in [7, 11) is 4.07. The average Bonchev–Trinajstić information content (AvgIpc) is 2.38. The summed E-state index contributed by atoms with van der Waals surface area (Å²) in [5.74, 6) is 0. The van der Waals surface area contributed by atoms with Crippen molar-refractivity contribution in [3.8, 4) is 0 Å². The van der Waals surface area contributed by atoms with Gasteiger partial charge in [0.15, 0.2) is 0 Å². The number of likely N-dealkylation sites (N-methyl/N-ethyl adjacent to an activating group) is 1. The lowest BCUT2D eigenvalue weighted by atomic mass is 9.83. The van der Waals surface area contributed by atoms with Gasteiger partial charge in [-0.3, -0.25) is 9.80 Å². The topological polar surface area (TPSA) is 15.7 Å². The first-order chi connectivity index (χ1) is 6.87. The van der Waals surface area contributed by atoms with Gasteiger partial charge >= 0.3 is 0 Å². The Morgan fingerprint density at radius 3 is 2.27 bits per heavy atom. The van der Waals surface area contributed by atoms with Crippen molar-refractivity contribution < 1.29 is 4.74 Å². The van der Waals surface area contributed by atoms with Crippen LogP contribution in [0.15, 0.2) is 0 Å². The molecule has 0 aromatic carbocycles. The quantitative estimate of drug-likeness (QED) is 0.649. The number of rotatable bonds is 1. The van der Waals surface area contributed by atoms with Crippen molar-refractivity contribution in [2.24, 2.45) is 0 Å². The summed E-state index contributed by atoms with van der Waals surface area (Å²) < 4.78 is 5.47. The highest BCUT2D eigenvalue weighted by atomic mass is 16.5. The SMILES string of the molecule is COC1CN(C)C2(C1)CN(C(C)(C)C)C2. The molecule has 2 rings (SSSR count). The van der Waals surface area contributed by atoms with Crippen molar-refractivity contribution in [3.63, 3.8) is 0 Å². The number of methoxy groups -OCH3 is 1. The molecule has 15 heavy (non-hydrogen) atoms. The van der Waals surface area contributed by atoms with E-state index in [0.717, 1.165) is 6.54 Å². The van der Waals surface area contributed by atoms with Crippen LogP contribution in [0.25, 0.3) is 0 Å². The summed E-state index contributed by atoms with van der Waals surface area (Å²) in [6.45, 7) is 10.4. The number of nitrogens with zero attached hydrogens (tertiary/aromatic N) is 2. The van der Waals surface area contributed by atoms with Crippen LogP contribution in [0.4, 0.5) is 0 Å². The molecule has 0 aliphatic carbocycles. The zero-order chi connectivity index (χ0) is 11.3. The number of likely N-dealkylation sites (tertiary alicyclic amines) is 2. The minimum Gasteiger partial charge on any atom is -0.380 e. The van der Waals surface area contributed by atoms with Crippen LogP contribution in [0.3, 0.4) is 0 Å². The Hall–Kier alpha value is -0.120. The lowest BCUT2D eigenvalue weighted by Crippen LogP contribution is -2.70. The van der Waals surface area contributed by atoms with E-state index in [1.54, 1.807) is 0 Å². The van der Waals surface area contributed by atoms with E-state index in [1.165, 1.54) is 19.5 Å². The van der Waals surface area contributed by atoms with Crippen LogP contribution in [0, 0.1) is 0 Å². The van der Waals surface area contributed by atoms with Crippen molar-refractivity contribution in [1.82, 2.24) is 9.80 Å². The van der Waals surface area contributed by atoms with Gasteiger partial charge in [0.1, 0.15) is 0 Å². The molecule has 0 N–H and O–H groups in total. The highest BCUT2D eigenvalue weighted by molar-refractivity contribution is 5.11. The molecule has 0 bridgehead atoms.